The van der Waals surface area contributed by atoms with Gasteiger partial charge in [0.15, 0.2) is 0 Å². The third kappa shape index (κ3) is 2.67. The van der Waals surface area contributed by atoms with Gasteiger partial charge in [0.05, 0.1) is 23.1 Å². The van der Waals surface area contributed by atoms with E-state index in [0.29, 0.717) is 17.8 Å². The van der Waals surface area contributed by atoms with Gasteiger partial charge in [0.25, 0.3) is 0 Å². The van der Waals surface area contributed by atoms with E-state index in [9.17, 15) is 13.2 Å². The fourth-order valence-electron chi connectivity index (χ4n) is 1.46. The number of nitrogens with zero attached hydrogens (tertiary/aromatic N) is 3. The average Bonchev–Trinajstić information content (AvgIpc) is 2.77. The summed E-state index contributed by atoms with van der Waals surface area (Å²) in [5, 5.41) is 16.3. The highest BCUT2D eigenvalue weighted by atomic mass is 19.4. The van der Waals surface area contributed by atoms with Crippen molar-refractivity contribution in [1.29, 1.82) is 0 Å². The molecule has 0 unspecified atom stereocenters. The number of alkyl halides is 3. The molecule has 96 valence electrons. The molecule has 7 heteroatoms. The smallest absolute Gasteiger partial charge is 0.396 e. The molecule has 2 rings (SSSR count). The molecule has 0 aliphatic rings. The highest BCUT2D eigenvalue weighted by Gasteiger charge is 2.30. The van der Waals surface area contributed by atoms with Crippen LogP contribution in [-0.2, 0) is 12.6 Å². The topological polar surface area (TPSA) is 50.9 Å². The van der Waals surface area contributed by atoms with Crippen molar-refractivity contribution in [2.45, 2.75) is 12.6 Å². The van der Waals surface area contributed by atoms with E-state index < -0.39 is 11.7 Å². The van der Waals surface area contributed by atoms with E-state index in [1.807, 2.05) is 0 Å². The van der Waals surface area contributed by atoms with Crippen LogP contribution < -0.4 is 0 Å². The lowest BCUT2D eigenvalue weighted by molar-refractivity contribution is -0.137. The Labute approximate surface area is 101 Å². The lowest BCUT2D eigenvalue weighted by Gasteiger charge is -2.07. The number of aliphatic hydroxyl groups is 1. The quantitative estimate of drug-likeness (QED) is 0.912. The number of hydrogen-bond donors (Lipinski definition) is 1. The Bertz CT molecular complexity index is 519. The Morgan fingerprint density at radius 2 is 1.83 bits per heavy atom. The third-order valence-electron chi connectivity index (χ3n) is 2.37. The van der Waals surface area contributed by atoms with E-state index in [1.54, 1.807) is 6.20 Å². The third-order valence-corrected chi connectivity index (χ3v) is 2.37. The van der Waals surface area contributed by atoms with Gasteiger partial charge in [0.1, 0.15) is 0 Å². The number of benzene rings is 1. The predicted molar refractivity (Wildman–Crippen MR) is 57.2 cm³/mol. The summed E-state index contributed by atoms with van der Waals surface area (Å²) in [5.41, 5.74) is 0.360. The van der Waals surface area contributed by atoms with Crippen LogP contribution in [0.5, 0.6) is 0 Å². The van der Waals surface area contributed by atoms with Crippen molar-refractivity contribution < 1.29 is 18.3 Å². The molecule has 18 heavy (non-hydrogen) atoms. The Morgan fingerprint density at radius 1 is 1.17 bits per heavy atom. The van der Waals surface area contributed by atoms with Gasteiger partial charge >= 0.3 is 6.18 Å². The van der Waals surface area contributed by atoms with Gasteiger partial charge in [-0.2, -0.15) is 13.2 Å². The lowest BCUT2D eigenvalue weighted by Crippen LogP contribution is -2.05. The Morgan fingerprint density at radius 3 is 2.39 bits per heavy atom. The number of aliphatic hydroxyl groups excluding tert-OH is 1. The van der Waals surface area contributed by atoms with E-state index in [0.717, 1.165) is 12.1 Å². The molecule has 0 atom stereocenters. The highest BCUT2D eigenvalue weighted by Crippen LogP contribution is 2.29. The summed E-state index contributed by atoms with van der Waals surface area (Å²) in [6, 6.07) is 4.62. The first-order valence-corrected chi connectivity index (χ1v) is 5.20. The summed E-state index contributed by atoms with van der Waals surface area (Å²) in [4.78, 5) is 0. The second-order valence-corrected chi connectivity index (χ2v) is 3.67. The SMILES string of the molecule is OCCc1cn(-c2ccc(C(F)(F)F)cc2)nn1. The van der Waals surface area contributed by atoms with Gasteiger partial charge in [-0.15, -0.1) is 5.10 Å². The molecule has 0 saturated heterocycles. The van der Waals surface area contributed by atoms with Crippen molar-refractivity contribution in [3.05, 3.63) is 41.7 Å². The fraction of sp³-hybridized carbons (Fsp3) is 0.273. The van der Waals surface area contributed by atoms with E-state index in [1.165, 1.54) is 16.8 Å². The molecule has 0 radical (unpaired) electrons. The first-order valence-electron chi connectivity index (χ1n) is 5.20. The minimum Gasteiger partial charge on any atom is -0.396 e. The monoisotopic (exact) mass is 257 g/mol. The van der Waals surface area contributed by atoms with Crippen LogP contribution in [0.2, 0.25) is 0 Å². The zero-order chi connectivity index (χ0) is 13.2. The maximum Gasteiger partial charge on any atom is 0.416 e. The Hall–Kier alpha value is -1.89. The maximum atomic E-state index is 12.4. The fourth-order valence-corrected chi connectivity index (χ4v) is 1.46. The molecule has 0 aliphatic heterocycles. The molecule has 1 heterocycles. The van der Waals surface area contributed by atoms with Crippen molar-refractivity contribution in [2.75, 3.05) is 6.61 Å². The van der Waals surface area contributed by atoms with Crippen molar-refractivity contribution in [3.8, 4) is 5.69 Å². The zero-order valence-electron chi connectivity index (χ0n) is 9.22. The van der Waals surface area contributed by atoms with Gasteiger partial charge in [-0.05, 0) is 24.3 Å². The minimum atomic E-state index is -4.34. The summed E-state index contributed by atoms with van der Waals surface area (Å²) < 4.78 is 38.5. The van der Waals surface area contributed by atoms with Crippen LogP contribution in [0.4, 0.5) is 13.2 Å². The molecule has 0 fully saturated rings. The Balaban J connectivity index is 2.23. The van der Waals surface area contributed by atoms with Crippen LogP contribution in [0.3, 0.4) is 0 Å². The van der Waals surface area contributed by atoms with E-state index >= 15 is 0 Å². The Kier molecular flexibility index (Phi) is 3.33. The summed E-state index contributed by atoms with van der Waals surface area (Å²) in [7, 11) is 0. The molecule has 0 aliphatic carbocycles. The van der Waals surface area contributed by atoms with Crippen molar-refractivity contribution >= 4 is 0 Å². The summed E-state index contributed by atoms with van der Waals surface area (Å²) in [5.74, 6) is 0. The van der Waals surface area contributed by atoms with Crippen LogP contribution in [0.25, 0.3) is 5.69 Å². The zero-order valence-corrected chi connectivity index (χ0v) is 9.22. The maximum absolute atomic E-state index is 12.4. The number of halogens is 3. The molecular weight excluding hydrogens is 247 g/mol. The first-order chi connectivity index (χ1) is 8.50. The van der Waals surface area contributed by atoms with Crippen LogP contribution >= 0.6 is 0 Å². The number of hydrogen-bond acceptors (Lipinski definition) is 3. The van der Waals surface area contributed by atoms with Crippen LogP contribution in [-0.4, -0.2) is 26.7 Å². The number of aromatic nitrogens is 3. The molecule has 0 amide bonds. The summed E-state index contributed by atoms with van der Waals surface area (Å²) in [6.07, 6.45) is -2.41. The van der Waals surface area contributed by atoms with Gasteiger partial charge in [0.2, 0.25) is 0 Å². The lowest BCUT2D eigenvalue weighted by atomic mass is 10.2. The van der Waals surface area contributed by atoms with E-state index in [-0.39, 0.29) is 6.61 Å². The summed E-state index contributed by atoms with van der Waals surface area (Å²) in [6.45, 7) is -0.0499. The molecule has 1 aromatic heterocycles. The normalized spacial score (nSPS) is 11.8. The highest BCUT2D eigenvalue weighted by molar-refractivity contribution is 5.34. The van der Waals surface area contributed by atoms with Gasteiger partial charge in [0, 0.05) is 13.0 Å². The van der Waals surface area contributed by atoms with E-state index in [2.05, 4.69) is 10.3 Å². The number of rotatable bonds is 3. The molecule has 0 bridgehead atoms. The van der Waals surface area contributed by atoms with Gasteiger partial charge in [-0.25, -0.2) is 4.68 Å². The van der Waals surface area contributed by atoms with Crippen molar-refractivity contribution in [3.63, 3.8) is 0 Å². The molecular formula is C11H10F3N3O. The van der Waals surface area contributed by atoms with Crippen LogP contribution in [0.1, 0.15) is 11.3 Å². The molecule has 4 nitrogen and oxygen atoms in total. The molecule has 0 saturated carbocycles. The van der Waals surface area contributed by atoms with Gasteiger partial charge < -0.3 is 5.11 Å². The molecule has 1 aromatic carbocycles. The second-order valence-electron chi connectivity index (χ2n) is 3.67. The van der Waals surface area contributed by atoms with Crippen LogP contribution in [0, 0.1) is 0 Å². The van der Waals surface area contributed by atoms with E-state index in [4.69, 9.17) is 5.11 Å². The largest absolute Gasteiger partial charge is 0.416 e. The second kappa shape index (κ2) is 4.77. The first kappa shape index (κ1) is 12.6. The predicted octanol–water partition coefficient (Wildman–Crippen LogP) is 1.82. The molecule has 0 spiro atoms. The van der Waals surface area contributed by atoms with Gasteiger partial charge in [-0.1, -0.05) is 5.21 Å². The van der Waals surface area contributed by atoms with Crippen LogP contribution in [0.15, 0.2) is 30.5 Å². The van der Waals surface area contributed by atoms with Gasteiger partial charge in [-0.3, -0.25) is 0 Å². The molecule has 2 aromatic rings. The van der Waals surface area contributed by atoms with Crippen molar-refractivity contribution in [1.82, 2.24) is 15.0 Å². The standard InChI is InChI=1S/C11H10F3N3O/c12-11(13,14)8-1-3-10(4-2-8)17-7-9(5-6-18)15-16-17/h1-4,7,18H,5-6H2. The van der Waals surface area contributed by atoms with Crippen molar-refractivity contribution in [2.24, 2.45) is 0 Å². The molecule has 1 N–H and O–H groups in total. The average molecular weight is 257 g/mol. The minimum absolute atomic E-state index is 0.0499. The summed E-state index contributed by atoms with van der Waals surface area (Å²) >= 11 is 0.